The molecule has 0 saturated carbocycles. The van der Waals surface area contributed by atoms with Gasteiger partial charge in [0.15, 0.2) is 17.5 Å². The zero-order chi connectivity index (χ0) is 19.4. The van der Waals surface area contributed by atoms with Crippen molar-refractivity contribution in [3.8, 4) is 0 Å². The van der Waals surface area contributed by atoms with E-state index in [2.05, 4.69) is 10.6 Å². The highest BCUT2D eigenvalue weighted by Crippen LogP contribution is 2.20. The van der Waals surface area contributed by atoms with E-state index in [0.29, 0.717) is 17.3 Å². The predicted molar refractivity (Wildman–Crippen MR) is 95.1 cm³/mol. The molecule has 0 unspecified atom stereocenters. The molecule has 0 aliphatic rings. The van der Waals surface area contributed by atoms with Crippen molar-refractivity contribution in [1.82, 2.24) is 0 Å². The van der Waals surface area contributed by atoms with E-state index < -0.39 is 29.0 Å². The molecule has 0 aromatic heterocycles. The maximum atomic E-state index is 13.6. The van der Waals surface area contributed by atoms with Gasteiger partial charge in [0.05, 0.1) is 5.69 Å². The number of para-hydroxylation sites is 1. The third-order valence-corrected chi connectivity index (χ3v) is 3.72. The lowest BCUT2D eigenvalue weighted by Gasteiger charge is -2.08. The van der Waals surface area contributed by atoms with Gasteiger partial charge in [0.1, 0.15) is 0 Å². The summed E-state index contributed by atoms with van der Waals surface area (Å²) in [5.41, 5.74) is 0.577. The maximum absolute atomic E-state index is 13.6. The topological polar surface area (TPSA) is 58.2 Å². The molecule has 136 valence electrons. The molecule has 27 heavy (non-hydrogen) atoms. The van der Waals surface area contributed by atoms with Crippen LogP contribution in [0.1, 0.15) is 20.7 Å². The van der Waals surface area contributed by atoms with Gasteiger partial charge in [-0.25, -0.2) is 13.2 Å². The molecular formula is C20H13F3N2O2. The Labute approximate surface area is 152 Å². The number of hydrogen-bond donors (Lipinski definition) is 2. The van der Waals surface area contributed by atoms with Crippen LogP contribution in [0.4, 0.5) is 24.5 Å². The Morgan fingerprint density at radius 2 is 1.19 bits per heavy atom. The minimum absolute atomic E-state index is 0.121. The van der Waals surface area contributed by atoms with Crippen LogP contribution in [0, 0.1) is 17.5 Å². The minimum atomic E-state index is -1.67. The van der Waals surface area contributed by atoms with Crippen LogP contribution >= 0.6 is 0 Å². The van der Waals surface area contributed by atoms with Crippen LogP contribution in [0.15, 0.2) is 66.7 Å². The highest BCUT2D eigenvalue weighted by Gasteiger charge is 2.16. The molecule has 0 aliphatic heterocycles. The van der Waals surface area contributed by atoms with Crippen LogP contribution in [-0.4, -0.2) is 11.8 Å². The molecule has 3 aromatic carbocycles. The first-order chi connectivity index (χ1) is 13.0. The molecule has 0 aliphatic carbocycles. The van der Waals surface area contributed by atoms with E-state index in [0.717, 1.165) is 6.07 Å². The predicted octanol–water partition coefficient (Wildman–Crippen LogP) is 4.61. The molecule has 7 heteroatoms. The Morgan fingerprint density at radius 3 is 1.78 bits per heavy atom. The molecule has 0 fully saturated rings. The van der Waals surface area contributed by atoms with Gasteiger partial charge < -0.3 is 10.6 Å². The van der Waals surface area contributed by atoms with Crippen molar-refractivity contribution in [3.63, 3.8) is 0 Å². The SMILES string of the molecule is O=C(Nc1ccccc1)c1ccc(C(=O)Nc2ccc(F)c(F)c2F)cc1. The van der Waals surface area contributed by atoms with Crippen LogP contribution in [-0.2, 0) is 0 Å². The van der Waals surface area contributed by atoms with Crippen molar-refractivity contribution in [2.45, 2.75) is 0 Å². The number of amides is 2. The molecule has 0 spiro atoms. The average Bonchev–Trinajstić information content (AvgIpc) is 2.69. The third-order valence-electron chi connectivity index (χ3n) is 3.72. The van der Waals surface area contributed by atoms with Gasteiger partial charge in [-0.05, 0) is 48.5 Å². The zero-order valence-electron chi connectivity index (χ0n) is 13.8. The van der Waals surface area contributed by atoms with Crippen molar-refractivity contribution in [2.24, 2.45) is 0 Å². The van der Waals surface area contributed by atoms with E-state index in [1.807, 2.05) is 6.07 Å². The van der Waals surface area contributed by atoms with Gasteiger partial charge in [0, 0.05) is 16.8 Å². The van der Waals surface area contributed by atoms with Gasteiger partial charge in [0.2, 0.25) is 0 Å². The maximum Gasteiger partial charge on any atom is 0.255 e. The standard InChI is InChI=1S/C20H13F3N2O2/c21-15-10-11-16(18(23)17(15)22)25-20(27)13-8-6-12(7-9-13)19(26)24-14-4-2-1-3-5-14/h1-11H,(H,24,26)(H,25,27). The lowest BCUT2D eigenvalue weighted by atomic mass is 10.1. The fourth-order valence-electron chi connectivity index (χ4n) is 2.31. The molecule has 0 heterocycles. The first-order valence-electron chi connectivity index (χ1n) is 7.87. The first kappa shape index (κ1) is 18.2. The van der Waals surface area contributed by atoms with Gasteiger partial charge in [-0.2, -0.15) is 0 Å². The molecule has 0 saturated heterocycles. The number of anilines is 2. The van der Waals surface area contributed by atoms with Gasteiger partial charge in [-0.3, -0.25) is 9.59 Å². The summed E-state index contributed by atoms with van der Waals surface area (Å²) in [6, 6.07) is 16.1. The fraction of sp³-hybridized carbons (Fsp3) is 0. The van der Waals surface area contributed by atoms with Crippen molar-refractivity contribution in [1.29, 1.82) is 0 Å². The molecule has 0 atom stereocenters. The summed E-state index contributed by atoms with van der Waals surface area (Å²) in [6.07, 6.45) is 0. The largest absolute Gasteiger partial charge is 0.322 e. The van der Waals surface area contributed by atoms with Crippen LogP contribution in [0.2, 0.25) is 0 Å². The normalized spacial score (nSPS) is 10.3. The minimum Gasteiger partial charge on any atom is -0.322 e. The Bertz CT molecular complexity index is 990. The molecule has 3 rings (SSSR count). The fourth-order valence-corrected chi connectivity index (χ4v) is 2.31. The number of carbonyl (C=O) groups excluding carboxylic acids is 2. The lowest BCUT2D eigenvalue weighted by Crippen LogP contribution is -2.15. The molecule has 0 bridgehead atoms. The Balaban J connectivity index is 1.70. The number of rotatable bonds is 4. The highest BCUT2D eigenvalue weighted by molar-refractivity contribution is 6.07. The summed E-state index contributed by atoms with van der Waals surface area (Å²) in [7, 11) is 0. The van der Waals surface area contributed by atoms with E-state index in [4.69, 9.17) is 0 Å². The Hall–Kier alpha value is -3.61. The second-order valence-electron chi connectivity index (χ2n) is 5.57. The smallest absolute Gasteiger partial charge is 0.255 e. The molecule has 2 amide bonds. The second kappa shape index (κ2) is 7.74. The molecule has 2 N–H and O–H groups in total. The quantitative estimate of drug-likeness (QED) is 0.659. The van der Waals surface area contributed by atoms with Crippen LogP contribution < -0.4 is 10.6 Å². The number of halogens is 3. The highest BCUT2D eigenvalue weighted by atomic mass is 19.2. The van der Waals surface area contributed by atoms with Crippen LogP contribution in [0.25, 0.3) is 0 Å². The van der Waals surface area contributed by atoms with Crippen molar-refractivity contribution >= 4 is 23.2 Å². The van der Waals surface area contributed by atoms with E-state index in [9.17, 15) is 22.8 Å². The van der Waals surface area contributed by atoms with E-state index in [1.165, 1.54) is 24.3 Å². The van der Waals surface area contributed by atoms with Gasteiger partial charge >= 0.3 is 0 Å². The monoisotopic (exact) mass is 370 g/mol. The van der Waals surface area contributed by atoms with E-state index >= 15 is 0 Å². The molecule has 3 aromatic rings. The number of benzene rings is 3. The molecular weight excluding hydrogens is 357 g/mol. The summed E-state index contributed by atoms with van der Waals surface area (Å²) < 4.78 is 39.8. The lowest BCUT2D eigenvalue weighted by molar-refractivity contribution is 0.101. The molecule has 4 nitrogen and oxygen atoms in total. The van der Waals surface area contributed by atoms with Crippen LogP contribution in [0.5, 0.6) is 0 Å². The van der Waals surface area contributed by atoms with Crippen LogP contribution in [0.3, 0.4) is 0 Å². The second-order valence-corrected chi connectivity index (χ2v) is 5.57. The summed E-state index contributed by atoms with van der Waals surface area (Å²) in [4.78, 5) is 24.3. The van der Waals surface area contributed by atoms with Gasteiger partial charge in [-0.15, -0.1) is 0 Å². The van der Waals surface area contributed by atoms with Gasteiger partial charge in [-0.1, -0.05) is 18.2 Å². The summed E-state index contributed by atoms with van der Waals surface area (Å²) in [5, 5.41) is 4.86. The molecule has 0 radical (unpaired) electrons. The van der Waals surface area contributed by atoms with E-state index in [1.54, 1.807) is 24.3 Å². The van der Waals surface area contributed by atoms with E-state index in [-0.39, 0.29) is 11.5 Å². The Kier molecular flexibility index (Phi) is 5.21. The first-order valence-corrected chi connectivity index (χ1v) is 7.87. The Morgan fingerprint density at radius 1 is 0.630 bits per heavy atom. The summed E-state index contributed by atoms with van der Waals surface area (Å²) >= 11 is 0. The average molecular weight is 370 g/mol. The van der Waals surface area contributed by atoms with Crippen molar-refractivity contribution in [3.05, 3.63) is 95.3 Å². The summed E-state index contributed by atoms with van der Waals surface area (Å²) in [5.74, 6) is -5.59. The zero-order valence-corrected chi connectivity index (χ0v) is 13.8. The van der Waals surface area contributed by atoms with Crippen molar-refractivity contribution < 1.29 is 22.8 Å². The van der Waals surface area contributed by atoms with Gasteiger partial charge in [0.25, 0.3) is 11.8 Å². The number of hydrogen-bond acceptors (Lipinski definition) is 2. The van der Waals surface area contributed by atoms with Crippen molar-refractivity contribution in [2.75, 3.05) is 10.6 Å². The third kappa shape index (κ3) is 4.14. The number of carbonyl (C=O) groups is 2. The summed E-state index contributed by atoms with van der Waals surface area (Å²) in [6.45, 7) is 0. The number of nitrogens with one attached hydrogen (secondary N) is 2.